The van der Waals surface area contributed by atoms with Crippen molar-refractivity contribution >= 4 is 11.3 Å². The molecule has 2 rings (SSSR count). The topological polar surface area (TPSA) is 21.3 Å². The fourth-order valence-corrected chi connectivity index (χ4v) is 2.32. The molecular weight excluding hydrogens is 242 g/mol. The van der Waals surface area contributed by atoms with Crippen molar-refractivity contribution in [3.63, 3.8) is 0 Å². The number of thiophene rings is 1. The van der Waals surface area contributed by atoms with Gasteiger partial charge in [0.25, 0.3) is 0 Å². The Morgan fingerprint density at radius 2 is 2.06 bits per heavy atom. The summed E-state index contributed by atoms with van der Waals surface area (Å²) in [6.45, 7) is 1.96. The van der Waals surface area contributed by atoms with E-state index in [1.54, 1.807) is 11.3 Å². The monoisotopic (exact) mass is 257 g/mol. The molecule has 1 N–H and O–H groups in total. The molecule has 0 fully saturated rings. The van der Waals surface area contributed by atoms with E-state index in [9.17, 15) is 0 Å². The normalized spacial score (nSPS) is 9.94. The summed E-state index contributed by atoms with van der Waals surface area (Å²) in [6.07, 6.45) is 5.20. The first-order valence-corrected chi connectivity index (χ1v) is 6.65. The van der Waals surface area contributed by atoms with Gasteiger partial charge in [-0.25, -0.2) is 0 Å². The van der Waals surface area contributed by atoms with Crippen LogP contribution in [0.1, 0.15) is 10.4 Å². The average molecular weight is 257 g/mol. The SMILES string of the molecule is C#CCOc1ccccc1CNCc1cccs1. The molecule has 0 aliphatic carbocycles. The number of terminal acetylenes is 1. The maximum atomic E-state index is 5.50. The van der Waals surface area contributed by atoms with Crippen LogP contribution < -0.4 is 10.1 Å². The first-order chi connectivity index (χ1) is 8.90. The highest BCUT2D eigenvalue weighted by molar-refractivity contribution is 7.09. The summed E-state index contributed by atoms with van der Waals surface area (Å²) in [5.74, 6) is 3.34. The van der Waals surface area contributed by atoms with Crippen molar-refractivity contribution in [3.05, 3.63) is 52.2 Å². The van der Waals surface area contributed by atoms with Gasteiger partial charge in [-0.1, -0.05) is 30.2 Å². The summed E-state index contributed by atoms with van der Waals surface area (Å²) < 4.78 is 5.50. The number of hydrogen-bond acceptors (Lipinski definition) is 3. The fourth-order valence-electron chi connectivity index (χ4n) is 1.64. The Morgan fingerprint density at radius 3 is 2.83 bits per heavy atom. The molecule has 18 heavy (non-hydrogen) atoms. The molecule has 0 atom stereocenters. The van der Waals surface area contributed by atoms with E-state index in [4.69, 9.17) is 11.2 Å². The van der Waals surface area contributed by atoms with Crippen molar-refractivity contribution in [1.82, 2.24) is 5.32 Å². The molecule has 0 bridgehead atoms. The van der Waals surface area contributed by atoms with Gasteiger partial charge in [-0.05, 0) is 17.5 Å². The van der Waals surface area contributed by atoms with Crippen LogP contribution in [0.3, 0.4) is 0 Å². The van der Waals surface area contributed by atoms with Crippen molar-refractivity contribution in [3.8, 4) is 18.1 Å². The van der Waals surface area contributed by atoms with Gasteiger partial charge in [0.05, 0.1) is 0 Å². The predicted molar refractivity (Wildman–Crippen MR) is 75.6 cm³/mol. The zero-order valence-corrected chi connectivity index (χ0v) is 10.9. The number of benzene rings is 1. The number of rotatable bonds is 6. The standard InChI is InChI=1S/C15H15NOS/c1-2-9-17-15-8-4-3-6-13(15)11-16-12-14-7-5-10-18-14/h1,3-8,10,16H,9,11-12H2. The Labute approximate surface area is 112 Å². The summed E-state index contributed by atoms with van der Waals surface area (Å²) in [4.78, 5) is 1.33. The van der Waals surface area contributed by atoms with E-state index < -0.39 is 0 Å². The highest BCUT2D eigenvalue weighted by atomic mass is 32.1. The Kier molecular flexibility index (Phi) is 4.83. The summed E-state index contributed by atoms with van der Waals surface area (Å²) in [5.41, 5.74) is 1.13. The number of ether oxygens (including phenoxy) is 1. The van der Waals surface area contributed by atoms with Crippen LogP contribution >= 0.6 is 11.3 Å². The summed E-state index contributed by atoms with van der Waals surface area (Å²) >= 11 is 1.76. The van der Waals surface area contributed by atoms with E-state index in [-0.39, 0.29) is 0 Å². The first kappa shape index (κ1) is 12.7. The Hall–Kier alpha value is -1.76. The van der Waals surface area contributed by atoms with E-state index >= 15 is 0 Å². The average Bonchev–Trinajstić information content (AvgIpc) is 2.91. The molecule has 2 aromatic rings. The minimum absolute atomic E-state index is 0.307. The molecule has 92 valence electrons. The molecule has 0 aliphatic heterocycles. The summed E-state index contributed by atoms with van der Waals surface area (Å²) in [7, 11) is 0. The first-order valence-electron chi connectivity index (χ1n) is 5.77. The smallest absolute Gasteiger partial charge is 0.148 e. The molecule has 0 aliphatic rings. The zero-order chi connectivity index (χ0) is 12.6. The van der Waals surface area contributed by atoms with Gasteiger partial charge in [0.15, 0.2) is 0 Å². The lowest BCUT2D eigenvalue weighted by Crippen LogP contribution is -2.12. The van der Waals surface area contributed by atoms with E-state index in [1.807, 2.05) is 24.3 Å². The van der Waals surface area contributed by atoms with Gasteiger partial charge in [-0.15, -0.1) is 17.8 Å². The largest absolute Gasteiger partial charge is 0.481 e. The minimum Gasteiger partial charge on any atom is -0.481 e. The van der Waals surface area contributed by atoms with Gasteiger partial charge in [0.1, 0.15) is 12.4 Å². The minimum atomic E-state index is 0.307. The second-order valence-corrected chi connectivity index (χ2v) is 4.82. The van der Waals surface area contributed by atoms with E-state index in [1.165, 1.54) is 4.88 Å². The lowest BCUT2D eigenvalue weighted by atomic mass is 10.2. The van der Waals surface area contributed by atoms with Crippen LogP contribution in [0.15, 0.2) is 41.8 Å². The molecular formula is C15H15NOS. The maximum Gasteiger partial charge on any atom is 0.148 e. The lowest BCUT2D eigenvalue weighted by molar-refractivity contribution is 0.365. The molecule has 1 aromatic heterocycles. The third-order valence-electron chi connectivity index (χ3n) is 2.48. The van der Waals surface area contributed by atoms with E-state index in [0.717, 1.165) is 24.4 Å². The van der Waals surface area contributed by atoms with Crippen molar-refractivity contribution in [1.29, 1.82) is 0 Å². The van der Waals surface area contributed by atoms with Crippen molar-refractivity contribution in [2.24, 2.45) is 0 Å². The van der Waals surface area contributed by atoms with Crippen molar-refractivity contribution in [2.45, 2.75) is 13.1 Å². The molecule has 1 aromatic carbocycles. The van der Waals surface area contributed by atoms with Gasteiger partial charge < -0.3 is 10.1 Å². The Balaban J connectivity index is 1.90. The van der Waals surface area contributed by atoms with Crippen LogP contribution in [0, 0.1) is 12.3 Å². The van der Waals surface area contributed by atoms with Gasteiger partial charge in [0, 0.05) is 23.5 Å². The molecule has 0 amide bonds. The number of para-hydroxylation sites is 1. The summed E-state index contributed by atoms with van der Waals surface area (Å²) in [6, 6.07) is 12.1. The van der Waals surface area contributed by atoms with Crippen molar-refractivity contribution < 1.29 is 4.74 Å². The predicted octanol–water partition coefficient (Wildman–Crippen LogP) is 3.05. The highest BCUT2D eigenvalue weighted by Crippen LogP contribution is 2.18. The molecule has 2 nitrogen and oxygen atoms in total. The Morgan fingerprint density at radius 1 is 1.17 bits per heavy atom. The second kappa shape index (κ2) is 6.85. The van der Waals surface area contributed by atoms with Gasteiger partial charge in [-0.3, -0.25) is 0 Å². The second-order valence-electron chi connectivity index (χ2n) is 3.78. The van der Waals surface area contributed by atoms with Crippen LogP contribution in [-0.2, 0) is 13.1 Å². The maximum absolute atomic E-state index is 5.50. The van der Waals surface area contributed by atoms with Crippen LogP contribution in [0.2, 0.25) is 0 Å². The molecule has 1 heterocycles. The number of nitrogens with one attached hydrogen (secondary N) is 1. The third-order valence-corrected chi connectivity index (χ3v) is 3.35. The Bertz CT molecular complexity index is 514. The highest BCUT2D eigenvalue weighted by Gasteiger charge is 2.02. The van der Waals surface area contributed by atoms with Gasteiger partial charge >= 0.3 is 0 Å². The third kappa shape index (κ3) is 3.63. The summed E-state index contributed by atoms with van der Waals surface area (Å²) in [5, 5.41) is 5.48. The fraction of sp³-hybridized carbons (Fsp3) is 0.200. The van der Waals surface area contributed by atoms with Crippen LogP contribution in [0.25, 0.3) is 0 Å². The zero-order valence-electron chi connectivity index (χ0n) is 10.1. The molecule has 0 saturated carbocycles. The van der Waals surface area contributed by atoms with Crippen LogP contribution in [0.4, 0.5) is 0 Å². The van der Waals surface area contributed by atoms with E-state index in [2.05, 4.69) is 28.8 Å². The molecule has 0 spiro atoms. The van der Waals surface area contributed by atoms with Crippen molar-refractivity contribution in [2.75, 3.05) is 6.61 Å². The quantitative estimate of drug-likeness (QED) is 0.803. The molecule has 3 heteroatoms. The molecule has 0 unspecified atom stereocenters. The van der Waals surface area contributed by atoms with Crippen LogP contribution in [-0.4, -0.2) is 6.61 Å². The number of hydrogen-bond donors (Lipinski definition) is 1. The van der Waals surface area contributed by atoms with Gasteiger partial charge in [-0.2, -0.15) is 0 Å². The van der Waals surface area contributed by atoms with Crippen LogP contribution in [0.5, 0.6) is 5.75 Å². The molecule has 0 saturated heterocycles. The van der Waals surface area contributed by atoms with Gasteiger partial charge in [0.2, 0.25) is 0 Å². The van der Waals surface area contributed by atoms with E-state index in [0.29, 0.717) is 6.61 Å². The molecule has 0 radical (unpaired) electrons. The lowest BCUT2D eigenvalue weighted by Gasteiger charge is -2.10.